The van der Waals surface area contributed by atoms with Crippen LogP contribution in [0, 0.1) is 0 Å². The molecule has 0 radical (unpaired) electrons. The number of hydrogen-bond donors (Lipinski definition) is 1. The molecule has 0 aliphatic heterocycles. The fraction of sp³-hybridized carbons (Fsp3) is 0.257. The van der Waals surface area contributed by atoms with Crippen LogP contribution in [-0.2, 0) is 32.6 Å². The smallest absolute Gasteiger partial charge is 0.264 e. The van der Waals surface area contributed by atoms with E-state index in [2.05, 4.69) is 5.32 Å². The zero-order valence-corrected chi connectivity index (χ0v) is 28.1. The molecule has 1 aliphatic carbocycles. The van der Waals surface area contributed by atoms with Gasteiger partial charge in [-0.05, 0) is 60.4 Å². The Morgan fingerprint density at radius 1 is 0.804 bits per heavy atom. The normalized spacial score (nSPS) is 14.1. The molecule has 0 heterocycles. The second-order valence-electron chi connectivity index (χ2n) is 11.2. The molecule has 7 nitrogen and oxygen atoms in total. The van der Waals surface area contributed by atoms with E-state index in [1.165, 1.54) is 29.2 Å². The highest BCUT2D eigenvalue weighted by atomic mass is 35.5. The molecule has 2 amide bonds. The number of rotatable bonds is 12. The topological polar surface area (TPSA) is 86.8 Å². The largest absolute Gasteiger partial charge is 0.352 e. The molecular weight excluding hydrogens is 665 g/mol. The third-order valence-corrected chi connectivity index (χ3v) is 10.8. The molecule has 0 saturated heterocycles. The Balaban J connectivity index is 1.59. The summed E-state index contributed by atoms with van der Waals surface area (Å²) in [7, 11) is -4.30. The first-order valence-electron chi connectivity index (χ1n) is 15.0. The van der Waals surface area contributed by atoms with Crippen molar-refractivity contribution in [3.63, 3.8) is 0 Å². The van der Waals surface area contributed by atoms with Gasteiger partial charge in [0.1, 0.15) is 12.6 Å². The van der Waals surface area contributed by atoms with Crippen LogP contribution in [0.4, 0.5) is 5.69 Å². The summed E-state index contributed by atoms with van der Waals surface area (Å²) in [5.41, 5.74) is 1.58. The van der Waals surface area contributed by atoms with Gasteiger partial charge in [0.15, 0.2) is 0 Å². The van der Waals surface area contributed by atoms with Crippen molar-refractivity contribution in [2.24, 2.45) is 0 Å². The minimum Gasteiger partial charge on any atom is -0.352 e. The number of halogens is 3. The molecule has 46 heavy (non-hydrogen) atoms. The van der Waals surface area contributed by atoms with Crippen molar-refractivity contribution < 1.29 is 18.0 Å². The molecule has 240 valence electrons. The predicted octanol–water partition coefficient (Wildman–Crippen LogP) is 7.54. The van der Waals surface area contributed by atoms with Crippen molar-refractivity contribution >= 4 is 62.3 Å². The number of nitrogens with one attached hydrogen (secondary N) is 1. The highest BCUT2D eigenvalue weighted by Crippen LogP contribution is 2.35. The monoisotopic (exact) mass is 697 g/mol. The average Bonchev–Trinajstić information content (AvgIpc) is 3.57. The van der Waals surface area contributed by atoms with Crippen LogP contribution < -0.4 is 9.62 Å². The summed E-state index contributed by atoms with van der Waals surface area (Å²) >= 11 is 19.2. The first-order chi connectivity index (χ1) is 22.1. The Kier molecular flexibility index (Phi) is 11.3. The van der Waals surface area contributed by atoms with E-state index < -0.39 is 28.5 Å². The van der Waals surface area contributed by atoms with Gasteiger partial charge in [0.25, 0.3) is 10.0 Å². The summed E-state index contributed by atoms with van der Waals surface area (Å²) in [5.74, 6) is -0.901. The SMILES string of the molecule is O=C(NC1CCCC1)[C@H](Cc1ccccc1)N(Cc1cccc(Cl)c1)C(=O)CN(c1cccc(Cl)c1Cl)S(=O)(=O)c1ccccc1. The van der Waals surface area contributed by atoms with Crippen molar-refractivity contribution in [2.45, 2.75) is 55.6 Å². The van der Waals surface area contributed by atoms with Crippen molar-refractivity contribution in [2.75, 3.05) is 10.8 Å². The minimum atomic E-state index is -4.30. The minimum absolute atomic E-state index is 0.00844. The quantitative estimate of drug-likeness (QED) is 0.166. The summed E-state index contributed by atoms with van der Waals surface area (Å²) in [6.45, 7) is -0.628. The Labute approximate surface area is 285 Å². The maximum absolute atomic E-state index is 14.6. The molecule has 0 unspecified atom stereocenters. The summed E-state index contributed by atoms with van der Waals surface area (Å²) in [6, 6.07) is 27.9. The molecule has 1 atom stereocenters. The number of nitrogens with zero attached hydrogens (tertiary/aromatic N) is 2. The summed E-state index contributed by atoms with van der Waals surface area (Å²) in [5, 5.41) is 3.75. The molecule has 1 fully saturated rings. The fourth-order valence-electron chi connectivity index (χ4n) is 5.67. The number of carbonyl (C=O) groups excluding carboxylic acids is 2. The molecule has 4 aromatic rings. The number of anilines is 1. The molecule has 11 heteroatoms. The molecule has 0 aromatic heterocycles. The second-order valence-corrected chi connectivity index (χ2v) is 14.3. The van der Waals surface area contributed by atoms with E-state index in [9.17, 15) is 18.0 Å². The summed E-state index contributed by atoms with van der Waals surface area (Å²) < 4.78 is 29.2. The third-order valence-electron chi connectivity index (χ3n) is 8.02. The van der Waals surface area contributed by atoms with Crippen LogP contribution in [-0.4, -0.2) is 43.8 Å². The Morgan fingerprint density at radius 2 is 1.43 bits per heavy atom. The van der Waals surface area contributed by atoms with Gasteiger partial charge in [-0.15, -0.1) is 0 Å². The van der Waals surface area contributed by atoms with Crippen LogP contribution in [0.1, 0.15) is 36.8 Å². The zero-order chi connectivity index (χ0) is 32.7. The highest BCUT2D eigenvalue weighted by molar-refractivity contribution is 7.92. The number of sulfonamides is 1. The lowest BCUT2D eigenvalue weighted by atomic mass is 10.0. The van der Waals surface area contributed by atoms with E-state index in [0.29, 0.717) is 10.6 Å². The lowest BCUT2D eigenvalue weighted by Crippen LogP contribution is -2.54. The highest BCUT2D eigenvalue weighted by Gasteiger charge is 2.36. The van der Waals surface area contributed by atoms with Gasteiger partial charge in [0.05, 0.1) is 20.6 Å². The summed E-state index contributed by atoms with van der Waals surface area (Å²) in [4.78, 5) is 30.1. The van der Waals surface area contributed by atoms with E-state index in [0.717, 1.165) is 35.6 Å². The maximum Gasteiger partial charge on any atom is 0.264 e. The maximum atomic E-state index is 14.6. The lowest BCUT2D eigenvalue weighted by molar-refractivity contribution is -0.140. The van der Waals surface area contributed by atoms with Crippen LogP contribution >= 0.6 is 34.8 Å². The van der Waals surface area contributed by atoms with Crippen molar-refractivity contribution in [1.29, 1.82) is 0 Å². The van der Waals surface area contributed by atoms with Gasteiger partial charge in [-0.2, -0.15) is 0 Å². The number of hydrogen-bond acceptors (Lipinski definition) is 4. The number of amides is 2. The number of benzene rings is 4. The van der Waals surface area contributed by atoms with Crippen LogP contribution in [0.25, 0.3) is 0 Å². The van der Waals surface area contributed by atoms with Crippen molar-refractivity contribution in [1.82, 2.24) is 10.2 Å². The molecule has 1 N–H and O–H groups in total. The van der Waals surface area contributed by atoms with E-state index >= 15 is 0 Å². The molecule has 1 aliphatic rings. The van der Waals surface area contributed by atoms with Gasteiger partial charge in [-0.1, -0.05) is 114 Å². The molecule has 0 bridgehead atoms. The van der Waals surface area contributed by atoms with Crippen LogP contribution in [0.2, 0.25) is 15.1 Å². The lowest BCUT2D eigenvalue weighted by Gasteiger charge is -2.34. The molecule has 1 saturated carbocycles. The van der Waals surface area contributed by atoms with Gasteiger partial charge in [-0.3, -0.25) is 13.9 Å². The van der Waals surface area contributed by atoms with Gasteiger partial charge < -0.3 is 10.2 Å². The van der Waals surface area contributed by atoms with E-state index in [4.69, 9.17) is 34.8 Å². The standard InChI is InChI=1S/C35H34Cl3N3O4S/c36-27-14-9-13-26(21-27)23-40(32(22-25-11-3-1-4-12-25)35(43)39-28-15-7-8-16-28)33(42)24-41(31-20-10-19-30(37)34(31)38)46(44,45)29-17-5-2-6-18-29/h1-6,9-14,17-21,28,32H,7-8,15-16,22-24H2,(H,39,43)/t32-/m0/s1. The third kappa shape index (κ3) is 8.23. The Morgan fingerprint density at radius 3 is 2.11 bits per heavy atom. The van der Waals surface area contributed by atoms with Gasteiger partial charge in [0.2, 0.25) is 11.8 Å². The zero-order valence-electron chi connectivity index (χ0n) is 25.0. The van der Waals surface area contributed by atoms with Gasteiger partial charge in [0, 0.05) is 24.0 Å². The Hall–Kier alpha value is -3.56. The van der Waals surface area contributed by atoms with Crippen LogP contribution in [0.5, 0.6) is 0 Å². The van der Waals surface area contributed by atoms with Crippen LogP contribution in [0.15, 0.2) is 108 Å². The first-order valence-corrected chi connectivity index (χ1v) is 17.6. The van der Waals surface area contributed by atoms with Gasteiger partial charge in [-0.25, -0.2) is 8.42 Å². The van der Waals surface area contributed by atoms with Crippen molar-refractivity contribution in [3.8, 4) is 0 Å². The van der Waals surface area contributed by atoms with E-state index in [1.807, 2.05) is 36.4 Å². The molecule has 4 aromatic carbocycles. The van der Waals surface area contributed by atoms with E-state index in [1.54, 1.807) is 42.5 Å². The second kappa shape index (κ2) is 15.4. The predicted molar refractivity (Wildman–Crippen MR) is 184 cm³/mol. The fourth-order valence-corrected chi connectivity index (χ4v) is 7.78. The van der Waals surface area contributed by atoms with Crippen LogP contribution in [0.3, 0.4) is 0 Å². The molecule has 0 spiro atoms. The summed E-state index contributed by atoms with van der Waals surface area (Å²) in [6.07, 6.45) is 3.98. The van der Waals surface area contributed by atoms with E-state index in [-0.39, 0.29) is 45.5 Å². The Bertz CT molecular complexity index is 1770. The first kappa shape index (κ1) is 33.8. The molecule has 5 rings (SSSR count). The number of carbonyl (C=O) groups is 2. The van der Waals surface area contributed by atoms with Gasteiger partial charge >= 0.3 is 0 Å². The molecular formula is C35H34Cl3N3O4S. The average molecular weight is 699 g/mol. The van der Waals surface area contributed by atoms with Crippen molar-refractivity contribution in [3.05, 3.63) is 129 Å².